The largest absolute Gasteiger partial charge is 0.354 e. The first-order valence-electron chi connectivity index (χ1n) is 20.9. The highest BCUT2D eigenvalue weighted by Gasteiger charge is 2.20. The van der Waals surface area contributed by atoms with E-state index in [9.17, 15) is 9.59 Å². The monoisotopic (exact) mass is 678 g/mol. The standard InChI is InChI=1S/C41H83N5O2/c1-5-7-9-11-13-15-17-19-21-22-24-26-28-30-32-34-39(47)46-38(35-37-45-41(42-3)43-4)40(48)44-36-33-31-29-27-25-23-20-18-16-14-12-10-8-6-2/h19,21,38,41-43,45H,5-18,20,22-37H2,1-4H3,(H,44,48)(H,46,47)/b21-19+. The van der Waals surface area contributed by atoms with Crippen molar-refractivity contribution in [3.8, 4) is 0 Å². The fourth-order valence-corrected chi connectivity index (χ4v) is 6.27. The van der Waals surface area contributed by atoms with Gasteiger partial charge in [-0.3, -0.25) is 25.5 Å². The summed E-state index contributed by atoms with van der Waals surface area (Å²) in [5, 5.41) is 15.8. The molecule has 0 radical (unpaired) electrons. The van der Waals surface area contributed by atoms with Gasteiger partial charge in [0.15, 0.2) is 0 Å². The predicted octanol–water partition coefficient (Wildman–Crippen LogP) is 9.81. The van der Waals surface area contributed by atoms with Gasteiger partial charge in [0, 0.05) is 19.5 Å². The van der Waals surface area contributed by atoms with E-state index in [0.717, 1.165) is 25.7 Å². The summed E-state index contributed by atoms with van der Waals surface area (Å²) in [5.41, 5.74) is 0. The Hall–Kier alpha value is -1.44. The molecule has 5 N–H and O–H groups in total. The van der Waals surface area contributed by atoms with Crippen molar-refractivity contribution < 1.29 is 9.59 Å². The van der Waals surface area contributed by atoms with E-state index in [2.05, 4.69) is 52.6 Å². The van der Waals surface area contributed by atoms with Crippen molar-refractivity contribution in [1.82, 2.24) is 26.6 Å². The lowest BCUT2D eigenvalue weighted by Crippen LogP contribution is -2.52. The molecule has 1 unspecified atom stereocenters. The Bertz CT molecular complexity index is 713. The first-order valence-corrected chi connectivity index (χ1v) is 20.9. The Morgan fingerprint density at radius 1 is 0.521 bits per heavy atom. The summed E-state index contributed by atoms with van der Waals surface area (Å²) in [5.74, 6) is -0.0714. The molecule has 0 aromatic heterocycles. The van der Waals surface area contributed by atoms with E-state index in [0.29, 0.717) is 25.9 Å². The Balaban J connectivity index is 4.09. The lowest BCUT2D eigenvalue weighted by atomic mass is 10.0. The lowest BCUT2D eigenvalue weighted by molar-refractivity contribution is -0.129. The summed E-state index contributed by atoms with van der Waals surface area (Å²) in [6.07, 6.45) is 40.4. The minimum Gasteiger partial charge on any atom is -0.354 e. The zero-order chi connectivity index (χ0) is 35.2. The number of unbranched alkanes of at least 4 members (excludes halogenated alkanes) is 24. The Morgan fingerprint density at radius 2 is 0.938 bits per heavy atom. The van der Waals surface area contributed by atoms with Crippen LogP contribution in [0.25, 0.3) is 0 Å². The van der Waals surface area contributed by atoms with E-state index in [1.807, 2.05) is 14.1 Å². The van der Waals surface area contributed by atoms with Crippen LogP contribution < -0.4 is 26.6 Å². The summed E-state index contributed by atoms with van der Waals surface area (Å²) in [4.78, 5) is 25.8. The minimum atomic E-state index is -0.505. The van der Waals surface area contributed by atoms with Crippen LogP contribution in [0.5, 0.6) is 0 Å². The van der Waals surface area contributed by atoms with Crippen LogP contribution in [0.15, 0.2) is 12.2 Å². The molecule has 48 heavy (non-hydrogen) atoms. The molecule has 0 aliphatic heterocycles. The van der Waals surface area contributed by atoms with Gasteiger partial charge in [-0.15, -0.1) is 0 Å². The molecule has 0 saturated heterocycles. The molecule has 7 heteroatoms. The smallest absolute Gasteiger partial charge is 0.242 e. The van der Waals surface area contributed by atoms with Crippen LogP contribution in [-0.2, 0) is 9.59 Å². The third kappa shape index (κ3) is 33.1. The molecule has 7 nitrogen and oxygen atoms in total. The molecule has 2 amide bonds. The highest BCUT2D eigenvalue weighted by Crippen LogP contribution is 2.13. The van der Waals surface area contributed by atoms with Crippen molar-refractivity contribution in [2.24, 2.45) is 0 Å². The summed E-state index contributed by atoms with van der Waals surface area (Å²) < 4.78 is 0. The molecule has 0 bridgehead atoms. The van der Waals surface area contributed by atoms with E-state index in [1.54, 1.807) is 0 Å². The van der Waals surface area contributed by atoms with Gasteiger partial charge in [0.2, 0.25) is 11.8 Å². The molecule has 0 saturated carbocycles. The maximum atomic E-state index is 13.1. The molecule has 0 heterocycles. The van der Waals surface area contributed by atoms with E-state index in [1.165, 1.54) is 148 Å². The van der Waals surface area contributed by atoms with Crippen molar-refractivity contribution >= 4 is 11.8 Å². The van der Waals surface area contributed by atoms with Crippen molar-refractivity contribution in [2.75, 3.05) is 27.2 Å². The van der Waals surface area contributed by atoms with Crippen LogP contribution in [-0.4, -0.2) is 51.3 Å². The van der Waals surface area contributed by atoms with Gasteiger partial charge in [-0.1, -0.05) is 161 Å². The number of hydrogen-bond acceptors (Lipinski definition) is 5. The van der Waals surface area contributed by atoms with Crippen molar-refractivity contribution in [3.05, 3.63) is 12.2 Å². The molecule has 0 aliphatic carbocycles. The highest BCUT2D eigenvalue weighted by molar-refractivity contribution is 5.87. The van der Waals surface area contributed by atoms with Gasteiger partial charge < -0.3 is 10.6 Å². The van der Waals surface area contributed by atoms with E-state index >= 15 is 0 Å². The molecule has 0 spiro atoms. The summed E-state index contributed by atoms with van der Waals surface area (Å²) in [6.45, 7) is 5.85. The fraction of sp³-hybridized carbons (Fsp3) is 0.902. The van der Waals surface area contributed by atoms with Crippen molar-refractivity contribution in [3.63, 3.8) is 0 Å². The van der Waals surface area contributed by atoms with Gasteiger partial charge in [0.1, 0.15) is 12.3 Å². The topological polar surface area (TPSA) is 94.3 Å². The highest BCUT2D eigenvalue weighted by atomic mass is 16.2. The third-order valence-electron chi connectivity index (χ3n) is 9.51. The van der Waals surface area contributed by atoms with E-state index < -0.39 is 6.04 Å². The molecule has 0 rings (SSSR count). The number of amides is 2. The minimum absolute atomic E-state index is 0.0111. The average molecular weight is 678 g/mol. The van der Waals surface area contributed by atoms with E-state index in [-0.39, 0.29) is 18.1 Å². The molecular formula is C41H83N5O2. The molecule has 0 aromatic carbocycles. The van der Waals surface area contributed by atoms with Crippen LogP contribution in [0.4, 0.5) is 0 Å². The molecule has 0 aliphatic rings. The van der Waals surface area contributed by atoms with Crippen LogP contribution in [0.1, 0.15) is 200 Å². The maximum absolute atomic E-state index is 13.1. The van der Waals surface area contributed by atoms with Gasteiger partial charge in [-0.05, 0) is 59.0 Å². The summed E-state index contributed by atoms with van der Waals surface area (Å²) in [6, 6.07) is -0.505. The van der Waals surface area contributed by atoms with Gasteiger partial charge in [0.25, 0.3) is 0 Å². The lowest BCUT2D eigenvalue weighted by Gasteiger charge is -2.21. The Labute approximate surface area is 299 Å². The van der Waals surface area contributed by atoms with Crippen LogP contribution in [0, 0.1) is 0 Å². The molecule has 0 aromatic rings. The van der Waals surface area contributed by atoms with Gasteiger partial charge in [-0.25, -0.2) is 0 Å². The number of carbonyl (C=O) groups is 2. The molecule has 284 valence electrons. The Morgan fingerprint density at radius 3 is 1.40 bits per heavy atom. The number of nitrogens with one attached hydrogen (secondary N) is 5. The van der Waals surface area contributed by atoms with Crippen LogP contribution in [0.3, 0.4) is 0 Å². The second-order valence-electron chi connectivity index (χ2n) is 14.1. The maximum Gasteiger partial charge on any atom is 0.242 e. The van der Waals surface area contributed by atoms with Crippen LogP contribution >= 0.6 is 0 Å². The van der Waals surface area contributed by atoms with Crippen LogP contribution in [0.2, 0.25) is 0 Å². The van der Waals surface area contributed by atoms with Crippen molar-refractivity contribution in [2.45, 2.75) is 212 Å². The van der Waals surface area contributed by atoms with Gasteiger partial charge in [-0.2, -0.15) is 0 Å². The predicted molar refractivity (Wildman–Crippen MR) is 209 cm³/mol. The first kappa shape index (κ1) is 46.6. The van der Waals surface area contributed by atoms with Crippen molar-refractivity contribution in [1.29, 1.82) is 0 Å². The number of carbonyl (C=O) groups excluding carboxylic acids is 2. The molecule has 0 fully saturated rings. The molecular weight excluding hydrogens is 594 g/mol. The Kier molecular flexibility index (Phi) is 37.2. The normalized spacial score (nSPS) is 12.3. The van der Waals surface area contributed by atoms with Gasteiger partial charge in [0.05, 0.1) is 0 Å². The third-order valence-corrected chi connectivity index (χ3v) is 9.51. The quantitative estimate of drug-likeness (QED) is 0.0255. The number of allylic oxidation sites excluding steroid dienone is 2. The summed E-state index contributed by atoms with van der Waals surface area (Å²) >= 11 is 0. The first-order chi connectivity index (χ1) is 23.6. The second-order valence-corrected chi connectivity index (χ2v) is 14.1. The second kappa shape index (κ2) is 38.4. The summed E-state index contributed by atoms with van der Waals surface area (Å²) in [7, 11) is 3.76. The van der Waals surface area contributed by atoms with E-state index in [4.69, 9.17) is 0 Å². The SMILES string of the molecule is CCCCCCCC/C=C/CCCCCCCC(=O)NC(CCNC(NC)NC)C(=O)NCCCCCCCCCCCCCCCC. The zero-order valence-corrected chi connectivity index (χ0v) is 32.5. The number of hydrogen-bond donors (Lipinski definition) is 5. The number of rotatable bonds is 38. The fourth-order valence-electron chi connectivity index (χ4n) is 6.27. The average Bonchev–Trinajstić information content (AvgIpc) is 3.09. The zero-order valence-electron chi connectivity index (χ0n) is 32.5. The molecule has 1 atom stereocenters. The van der Waals surface area contributed by atoms with Gasteiger partial charge >= 0.3 is 0 Å².